The summed E-state index contributed by atoms with van der Waals surface area (Å²) in [6.07, 6.45) is 0. The predicted octanol–water partition coefficient (Wildman–Crippen LogP) is 6.96. The van der Waals surface area contributed by atoms with Crippen molar-refractivity contribution in [2.45, 2.75) is 13.5 Å². The number of fused-ring (bicyclic) bond motifs is 10. The van der Waals surface area contributed by atoms with Gasteiger partial charge in [0.05, 0.1) is 22.1 Å². The van der Waals surface area contributed by atoms with Crippen molar-refractivity contribution in [3.63, 3.8) is 0 Å². The van der Waals surface area contributed by atoms with Crippen molar-refractivity contribution in [3.05, 3.63) is 78.9 Å². The molecule has 132 valence electrons. The van der Waals surface area contributed by atoms with Crippen molar-refractivity contribution < 1.29 is 0 Å². The number of rotatable bonds is 1. The van der Waals surface area contributed by atoms with Crippen molar-refractivity contribution in [1.29, 1.82) is 0 Å². The molecular formula is C26H18N2. The minimum atomic E-state index is 0.957. The van der Waals surface area contributed by atoms with Crippen molar-refractivity contribution >= 4 is 59.9 Å². The smallest absolute Gasteiger partial charge is 0.0785 e. The number of nitrogens with zero attached hydrogens (tertiary/aromatic N) is 2. The van der Waals surface area contributed by atoms with Crippen LogP contribution in [-0.4, -0.2) is 8.97 Å². The van der Waals surface area contributed by atoms with Gasteiger partial charge in [-0.1, -0.05) is 66.7 Å². The number of hydrogen-bond acceptors (Lipinski definition) is 0. The van der Waals surface area contributed by atoms with Crippen molar-refractivity contribution in [1.82, 2.24) is 8.97 Å². The van der Waals surface area contributed by atoms with E-state index in [-0.39, 0.29) is 0 Å². The monoisotopic (exact) mass is 358 g/mol. The van der Waals surface area contributed by atoms with E-state index in [1.807, 2.05) is 0 Å². The van der Waals surface area contributed by atoms with E-state index in [1.54, 1.807) is 0 Å². The van der Waals surface area contributed by atoms with E-state index in [2.05, 4.69) is 94.8 Å². The maximum atomic E-state index is 2.50. The maximum Gasteiger partial charge on any atom is 0.0785 e. The molecule has 0 unspecified atom stereocenters. The van der Waals surface area contributed by atoms with Crippen LogP contribution in [0.25, 0.3) is 59.9 Å². The summed E-state index contributed by atoms with van der Waals surface area (Å²) in [6, 6.07) is 29.0. The lowest BCUT2D eigenvalue weighted by atomic mass is 10.1. The zero-order valence-corrected chi connectivity index (χ0v) is 15.6. The first-order valence-electron chi connectivity index (χ1n) is 9.95. The van der Waals surface area contributed by atoms with Crippen LogP contribution in [0.5, 0.6) is 0 Å². The minimum absolute atomic E-state index is 0.957. The second-order valence-electron chi connectivity index (χ2n) is 7.67. The van der Waals surface area contributed by atoms with E-state index in [0.29, 0.717) is 0 Å². The molecule has 0 spiro atoms. The summed E-state index contributed by atoms with van der Waals surface area (Å²) < 4.78 is 4.98. The molecule has 0 bridgehead atoms. The van der Waals surface area contributed by atoms with Gasteiger partial charge in [0.25, 0.3) is 0 Å². The SMILES string of the molecule is CCn1c2ccccc2c2ccc3c4cccc5c6ccccc6n(c54)c3c21. The van der Waals surface area contributed by atoms with Crippen LogP contribution in [0.4, 0.5) is 0 Å². The van der Waals surface area contributed by atoms with Gasteiger partial charge in [-0.05, 0) is 19.1 Å². The van der Waals surface area contributed by atoms with Crippen molar-refractivity contribution in [3.8, 4) is 0 Å². The van der Waals surface area contributed by atoms with Gasteiger partial charge in [0.1, 0.15) is 0 Å². The molecule has 0 fully saturated rings. The minimum Gasteiger partial charge on any atom is -0.339 e. The summed E-state index contributed by atoms with van der Waals surface area (Å²) in [6.45, 7) is 3.20. The summed E-state index contributed by atoms with van der Waals surface area (Å²) in [5, 5.41) is 8.05. The third-order valence-electron chi connectivity index (χ3n) is 6.43. The number of aryl methyl sites for hydroxylation is 1. The number of benzene rings is 4. The lowest BCUT2D eigenvalue weighted by molar-refractivity contribution is 0.828. The van der Waals surface area contributed by atoms with Gasteiger partial charge in [0.15, 0.2) is 0 Å². The predicted molar refractivity (Wildman–Crippen MR) is 120 cm³/mol. The summed E-state index contributed by atoms with van der Waals surface area (Å²) in [4.78, 5) is 0. The highest BCUT2D eigenvalue weighted by molar-refractivity contribution is 6.28. The Balaban J connectivity index is 1.92. The highest BCUT2D eigenvalue weighted by Gasteiger charge is 2.21. The molecule has 0 N–H and O–H groups in total. The largest absolute Gasteiger partial charge is 0.339 e. The van der Waals surface area contributed by atoms with Crippen LogP contribution in [0.2, 0.25) is 0 Å². The van der Waals surface area contributed by atoms with Crippen LogP contribution in [-0.2, 0) is 6.54 Å². The van der Waals surface area contributed by atoms with E-state index in [0.717, 1.165) is 6.54 Å². The molecule has 0 atom stereocenters. The molecule has 0 saturated carbocycles. The highest BCUT2D eigenvalue weighted by Crippen LogP contribution is 2.43. The lowest BCUT2D eigenvalue weighted by Crippen LogP contribution is -1.94. The molecule has 3 heterocycles. The van der Waals surface area contributed by atoms with Crippen LogP contribution < -0.4 is 0 Å². The van der Waals surface area contributed by atoms with Crippen LogP contribution in [0, 0.1) is 0 Å². The first kappa shape index (κ1) is 14.5. The Morgan fingerprint density at radius 3 is 1.79 bits per heavy atom. The molecule has 7 rings (SSSR count). The van der Waals surface area contributed by atoms with Gasteiger partial charge >= 0.3 is 0 Å². The van der Waals surface area contributed by atoms with Gasteiger partial charge < -0.3 is 8.97 Å². The molecule has 0 saturated heterocycles. The van der Waals surface area contributed by atoms with Gasteiger partial charge in [-0.15, -0.1) is 0 Å². The normalized spacial score (nSPS) is 12.6. The van der Waals surface area contributed by atoms with Crippen LogP contribution in [0.15, 0.2) is 78.9 Å². The molecular weight excluding hydrogens is 340 g/mol. The Bertz CT molecular complexity index is 1690. The van der Waals surface area contributed by atoms with Crippen LogP contribution in [0.1, 0.15) is 6.92 Å². The third-order valence-corrected chi connectivity index (χ3v) is 6.43. The lowest BCUT2D eigenvalue weighted by Gasteiger charge is -2.06. The van der Waals surface area contributed by atoms with E-state index < -0.39 is 0 Å². The van der Waals surface area contributed by atoms with Gasteiger partial charge in [-0.3, -0.25) is 0 Å². The Morgan fingerprint density at radius 2 is 1.04 bits per heavy atom. The Kier molecular flexibility index (Phi) is 2.51. The number of hydrogen-bond donors (Lipinski definition) is 0. The van der Waals surface area contributed by atoms with Gasteiger partial charge in [0, 0.05) is 44.4 Å². The molecule has 2 heteroatoms. The van der Waals surface area contributed by atoms with E-state index in [4.69, 9.17) is 0 Å². The van der Waals surface area contributed by atoms with Gasteiger partial charge in [0.2, 0.25) is 0 Å². The summed E-state index contributed by atoms with van der Waals surface area (Å²) >= 11 is 0. The zero-order valence-electron chi connectivity index (χ0n) is 15.6. The highest BCUT2D eigenvalue weighted by atomic mass is 15.0. The van der Waals surface area contributed by atoms with E-state index >= 15 is 0 Å². The fourth-order valence-corrected chi connectivity index (χ4v) is 5.37. The van der Waals surface area contributed by atoms with E-state index in [9.17, 15) is 0 Å². The number of aromatic nitrogens is 2. The molecule has 0 aliphatic rings. The van der Waals surface area contributed by atoms with Crippen molar-refractivity contribution in [2.24, 2.45) is 0 Å². The van der Waals surface area contributed by atoms with Crippen LogP contribution >= 0.6 is 0 Å². The van der Waals surface area contributed by atoms with Gasteiger partial charge in [-0.2, -0.15) is 0 Å². The molecule has 7 aromatic rings. The maximum absolute atomic E-state index is 2.50. The summed E-state index contributed by atoms with van der Waals surface area (Å²) in [5.74, 6) is 0. The van der Waals surface area contributed by atoms with Crippen LogP contribution in [0.3, 0.4) is 0 Å². The Hall–Kier alpha value is -3.52. The third kappa shape index (κ3) is 1.49. The molecule has 0 aliphatic carbocycles. The van der Waals surface area contributed by atoms with Crippen molar-refractivity contribution in [2.75, 3.05) is 0 Å². The second kappa shape index (κ2) is 4.85. The molecule has 4 aromatic carbocycles. The second-order valence-corrected chi connectivity index (χ2v) is 7.67. The first-order chi connectivity index (χ1) is 13.9. The summed E-state index contributed by atoms with van der Waals surface area (Å²) in [7, 11) is 0. The quantitative estimate of drug-likeness (QED) is 0.300. The molecule has 0 aliphatic heterocycles. The topological polar surface area (TPSA) is 9.34 Å². The zero-order chi connectivity index (χ0) is 18.4. The average molecular weight is 358 g/mol. The number of para-hydroxylation sites is 3. The van der Waals surface area contributed by atoms with E-state index in [1.165, 1.54) is 59.9 Å². The molecule has 2 nitrogen and oxygen atoms in total. The fourth-order valence-electron chi connectivity index (χ4n) is 5.37. The molecule has 28 heavy (non-hydrogen) atoms. The standard InChI is InChI=1S/C26H18N2/c1-2-27-22-12-5-3-8-16(22)20-14-15-21-19-11-7-10-18-17-9-4-6-13-23(17)28(24(18)19)26(21)25(20)27/h3-15H,2H2,1H3. The molecule has 3 aromatic heterocycles. The Morgan fingerprint density at radius 1 is 0.500 bits per heavy atom. The van der Waals surface area contributed by atoms with Gasteiger partial charge in [-0.25, -0.2) is 0 Å². The fraction of sp³-hybridized carbons (Fsp3) is 0.0769. The molecule has 0 radical (unpaired) electrons. The molecule has 0 amide bonds. The summed E-state index contributed by atoms with van der Waals surface area (Å²) in [5.41, 5.74) is 6.64. The average Bonchev–Trinajstić information content (AvgIpc) is 3.38. The first-order valence-corrected chi connectivity index (χ1v) is 9.95. The Labute approximate surface area is 161 Å².